The fourth-order valence-electron chi connectivity index (χ4n) is 2.35. The second kappa shape index (κ2) is 5.07. The number of para-hydroxylation sites is 2. The predicted molar refractivity (Wildman–Crippen MR) is 90.5 cm³/mol. The average molecular weight is 348 g/mol. The van der Waals surface area contributed by atoms with Crippen molar-refractivity contribution >= 4 is 44.9 Å². The fraction of sp³-hybridized carbons (Fsp3) is 0.133. The number of anilines is 1. The number of hydrogen-bond acceptors (Lipinski definition) is 2. The number of rotatable bonds is 2. The van der Waals surface area contributed by atoms with Gasteiger partial charge in [0.05, 0.1) is 22.4 Å². The molecule has 0 aliphatic heterocycles. The number of fused-ring (bicyclic) bond motifs is 1. The number of hydrogen-bond donors (Lipinski definition) is 1. The van der Waals surface area contributed by atoms with Crippen LogP contribution in [0.15, 0.2) is 46.9 Å². The van der Waals surface area contributed by atoms with Crippen LogP contribution in [0.3, 0.4) is 0 Å². The number of halogens is 1. The topological polar surface area (TPSA) is 24.0 Å². The zero-order valence-corrected chi connectivity index (χ0v) is 13.6. The summed E-state index contributed by atoms with van der Waals surface area (Å²) in [4.78, 5) is 5.35. The maximum absolute atomic E-state index is 5.50. The number of aromatic amines is 1. The molecular weight excluding hydrogens is 334 g/mol. The van der Waals surface area contributed by atoms with Crippen LogP contribution in [0, 0.1) is 4.77 Å². The zero-order chi connectivity index (χ0) is 14.3. The molecule has 3 nitrogen and oxygen atoms in total. The lowest BCUT2D eigenvalue weighted by molar-refractivity contribution is 1.03. The van der Waals surface area contributed by atoms with E-state index in [1.165, 1.54) is 0 Å². The van der Waals surface area contributed by atoms with Crippen molar-refractivity contribution in [1.82, 2.24) is 9.55 Å². The Kier molecular flexibility index (Phi) is 3.40. The Morgan fingerprint density at radius 1 is 1.15 bits per heavy atom. The summed E-state index contributed by atoms with van der Waals surface area (Å²) < 4.78 is 3.81. The van der Waals surface area contributed by atoms with E-state index in [0.29, 0.717) is 4.77 Å². The summed E-state index contributed by atoms with van der Waals surface area (Å²) in [6.07, 6.45) is 0. The first-order chi connectivity index (χ1) is 9.58. The maximum atomic E-state index is 5.50. The van der Waals surface area contributed by atoms with E-state index < -0.39 is 0 Å². The highest BCUT2D eigenvalue weighted by molar-refractivity contribution is 9.10. The Morgan fingerprint density at radius 3 is 2.65 bits per heavy atom. The van der Waals surface area contributed by atoms with Crippen LogP contribution in [0.2, 0.25) is 0 Å². The van der Waals surface area contributed by atoms with Crippen LogP contribution < -0.4 is 4.90 Å². The van der Waals surface area contributed by atoms with Gasteiger partial charge in [0.25, 0.3) is 0 Å². The molecule has 2 aromatic carbocycles. The number of nitrogens with zero attached hydrogens (tertiary/aromatic N) is 2. The SMILES string of the molecule is CN(C)c1ccccc1-n1c(=S)[nH]c2cc(Br)ccc21. The molecule has 102 valence electrons. The molecule has 0 unspecified atom stereocenters. The van der Waals surface area contributed by atoms with E-state index in [1.807, 2.05) is 38.4 Å². The molecule has 0 fully saturated rings. The summed E-state index contributed by atoms with van der Waals surface area (Å²) >= 11 is 8.99. The molecule has 5 heteroatoms. The van der Waals surface area contributed by atoms with Gasteiger partial charge < -0.3 is 9.88 Å². The number of H-pyrrole nitrogens is 1. The van der Waals surface area contributed by atoms with Crippen molar-refractivity contribution in [3.63, 3.8) is 0 Å². The predicted octanol–water partition coefficient (Wildman–Crippen LogP) is 4.52. The van der Waals surface area contributed by atoms with Crippen LogP contribution in [0.4, 0.5) is 5.69 Å². The number of imidazole rings is 1. The highest BCUT2D eigenvalue weighted by Crippen LogP contribution is 2.28. The van der Waals surface area contributed by atoms with Gasteiger partial charge in [0.15, 0.2) is 4.77 Å². The van der Waals surface area contributed by atoms with Crippen molar-refractivity contribution in [1.29, 1.82) is 0 Å². The molecule has 3 aromatic rings. The molecule has 0 bridgehead atoms. The van der Waals surface area contributed by atoms with Crippen molar-refractivity contribution in [3.05, 3.63) is 51.7 Å². The second-order valence-electron chi connectivity index (χ2n) is 4.81. The second-order valence-corrected chi connectivity index (χ2v) is 6.11. The van der Waals surface area contributed by atoms with Crippen molar-refractivity contribution < 1.29 is 0 Å². The smallest absolute Gasteiger partial charge is 0.182 e. The van der Waals surface area contributed by atoms with Gasteiger partial charge in [-0.05, 0) is 42.5 Å². The van der Waals surface area contributed by atoms with E-state index in [2.05, 4.69) is 48.6 Å². The van der Waals surface area contributed by atoms with E-state index in [1.54, 1.807) is 0 Å². The van der Waals surface area contributed by atoms with Gasteiger partial charge in [-0.2, -0.15) is 0 Å². The van der Waals surface area contributed by atoms with Crippen LogP contribution in [-0.2, 0) is 0 Å². The average Bonchev–Trinajstić information content (AvgIpc) is 2.73. The van der Waals surface area contributed by atoms with Crippen LogP contribution in [0.5, 0.6) is 0 Å². The van der Waals surface area contributed by atoms with Gasteiger partial charge in [-0.3, -0.25) is 4.57 Å². The Bertz CT molecular complexity index is 832. The van der Waals surface area contributed by atoms with Crippen LogP contribution in [0.25, 0.3) is 16.7 Å². The zero-order valence-electron chi connectivity index (χ0n) is 11.2. The van der Waals surface area contributed by atoms with Gasteiger partial charge in [0, 0.05) is 18.6 Å². The first-order valence-electron chi connectivity index (χ1n) is 6.25. The van der Waals surface area contributed by atoms with Gasteiger partial charge in [-0.1, -0.05) is 28.1 Å². The van der Waals surface area contributed by atoms with Gasteiger partial charge in [-0.25, -0.2) is 0 Å². The molecule has 0 atom stereocenters. The fourth-order valence-corrected chi connectivity index (χ4v) is 3.02. The molecule has 1 N–H and O–H groups in total. The molecule has 0 radical (unpaired) electrons. The highest BCUT2D eigenvalue weighted by atomic mass is 79.9. The lowest BCUT2D eigenvalue weighted by Crippen LogP contribution is -2.12. The van der Waals surface area contributed by atoms with E-state index in [9.17, 15) is 0 Å². The molecule has 0 saturated heterocycles. The summed E-state index contributed by atoms with van der Waals surface area (Å²) in [6.45, 7) is 0. The maximum Gasteiger partial charge on any atom is 0.182 e. The van der Waals surface area contributed by atoms with Gasteiger partial charge >= 0.3 is 0 Å². The highest BCUT2D eigenvalue weighted by Gasteiger charge is 2.11. The minimum Gasteiger partial charge on any atom is -0.376 e. The van der Waals surface area contributed by atoms with Crippen molar-refractivity contribution in [2.24, 2.45) is 0 Å². The summed E-state index contributed by atoms with van der Waals surface area (Å²) in [6, 6.07) is 14.4. The molecule has 20 heavy (non-hydrogen) atoms. The van der Waals surface area contributed by atoms with E-state index in [-0.39, 0.29) is 0 Å². The van der Waals surface area contributed by atoms with Crippen LogP contribution in [-0.4, -0.2) is 23.6 Å². The summed E-state index contributed by atoms with van der Waals surface area (Å²) in [5.41, 5.74) is 4.31. The number of nitrogens with one attached hydrogen (secondary N) is 1. The summed E-state index contributed by atoms with van der Waals surface area (Å²) in [7, 11) is 4.07. The number of aromatic nitrogens is 2. The van der Waals surface area contributed by atoms with E-state index in [0.717, 1.165) is 26.9 Å². The molecule has 1 aromatic heterocycles. The molecule has 0 aliphatic rings. The van der Waals surface area contributed by atoms with Crippen molar-refractivity contribution in [2.75, 3.05) is 19.0 Å². The molecule has 3 rings (SSSR count). The quantitative estimate of drug-likeness (QED) is 0.689. The van der Waals surface area contributed by atoms with Crippen LogP contribution in [0.1, 0.15) is 0 Å². The molecule has 0 saturated carbocycles. The Balaban J connectivity index is 2.36. The molecule has 0 spiro atoms. The lowest BCUT2D eigenvalue weighted by Gasteiger charge is -2.18. The Labute approximate surface area is 131 Å². The normalized spacial score (nSPS) is 10.9. The standard InChI is InChI=1S/C15H14BrN3S/c1-18(2)13-5-3-4-6-14(13)19-12-8-7-10(16)9-11(12)17-15(19)20/h3-9H,1-2H3,(H,17,20). The molecule has 1 heterocycles. The largest absolute Gasteiger partial charge is 0.376 e. The van der Waals surface area contributed by atoms with E-state index in [4.69, 9.17) is 12.2 Å². The molecule has 0 amide bonds. The van der Waals surface area contributed by atoms with Gasteiger partial charge in [0.2, 0.25) is 0 Å². The summed E-state index contributed by atoms with van der Waals surface area (Å²) in [5, 5.41) is 0. The Hall–Kier alpha value is -1.59. The molecule has 0 aliphatic carbocycles. The third-order valence-electron chi connectivity index (χ3n) is 3.25. The lowest BCUT2D eigenvalue weighted by atomic mass is 10.2. The first kappa shape index (κ1) is 13.4. The van der Waals surface area contributed by atoms with Crippen molar-refractivity contribution in [2.45, 2.75) is 0 Å². The third-order valence-corrected chi connectivity index (χ3v) is 4.03. The van der Waals surface area contributed by atoms with Crippen molar-refractivity contribution in [3.8, 4) is 5.69 Å². The van der Waals surface area contributed by atoms with Gasteiger partial charge in [0.1, 0.15) is 0 Å². The minimum atomic E-state index is 0.701. The minimum absolute atomic E-state index is 0.701. The number of benzene rings is 2. The van der Waals surface area contributed by atoms with E-state index >= 15 is 0 Å². The first-order valence-corrected chi connectivity index (χ1v) is 7.45. The summed E-state index contributed by atoms with van der Waals surface area (Å²) in [5.74, 6) is 0. The third kappa shape index (κ3) is 2.17. The monoisotopic (exact) mass is 347 g/mol. The Morgan fingerprint density at radius 2 is 1.90 bits per heavy atom. The van der Waals surface area contributed by atoms with Crippen LogP contribution >= 0.6 is 28.1 Å². The molecular formula is C15H14BrN3S. The van der Waals surface area contributed by atoms with Gasteiger partial charge in [-0.15, -0.1) is 0 Å².